The number of carboxylic acids is 1. The highest BCUT2D eigenvalue weighted by Gasteiger charge is 2.34. The molecule has 1 amide bonds. The maximum absolute atomic E-state index is 12.1. The number of rotatable bonds is 5. The van der Waals surface area contributed by atoms with Gasteiger partial charge < -0.3 is 14.4 Å². The molecule has 1 N–H and O–H groups in total. The van der Waals surface area contributed by atoms with E-state index in [0.717, 1.165) is 12.8 Å². The van der Waals surface area contributed by atoms with Crippen LogP contribution in [0.2, 0.25) is 0 Å². The smallest absolute Gasteiger partial charge is 0.305 e. The minimum absolute atomic E-state index is 0.0376. The number of aliphatic carboxylic acids is 1. The largest absolute Gasteiger partial charge is 0.481 e. The molecule has 2 rings (SSSR count). The average Bonchev–Trinajstić information content (AvgIpc) is 3.00. The molecule has 92 valence electrons. The quantitative estimate of drug-likeness (QED) is 0.904. The second-order valence-electron chi connectivity index (χ2n) is 3.98. The minimum atomic E-state index is -0.899. The van der Waals surface area contributed by atoms with Crippen molar-refractivity contribution in [1.82, 2.24) is 4.90 Å². The van der Waals surface area contributed by atoms with Gasteiger partial charge in [0.15, 0.2) is 10.4 Å². The number of carbonyl (C=O) groups excluding carboxylic acids is 1. The zero-order chi connectivity index (χ0) is 12.4. The van der Waals surface area contributed by atoms with Gasteiger partial charge >= 0.3 is 5.97 Å². The highest BCUT2D eigenvalue weighted by Crippen LogP contribution is 2.29. The van der Waals surface area contributed by atoms with E-state index in [9.17, 15) is 9.59 Å². The minimum Gasteiger partial charge on any atom is -0.481 e. The summed E-state index contributed by atoms with van der Waals surface area (Å²) in [7, 11) is 0. The summed E-state index contributed by atoms with van der Waals surface area (Å²) in [4.78, 5) is 24.2. The van der Waals surface area contributed by atoms with Gasteiger partial charge in [-0.15, -0.1) is 0 Å². The van der Waals surface area contributed by atoms with Crippen LogP contribution in [0.25, 0.3) is 0 Å². The molecule has 17 heavy (non-hydrogen) atoms. The van der Waals surface area contributed by atoms with Gasteiger partial charge in [0, 0.05) is 12.6 Å². The Bertz CT molecular complexity index is 438. The van der Waals surface area contributed by atoms with Gasteiger partial charge in [-0.1, -0.05) is 0 Å². The first-order chi connectivity index (χ1) is 8.08. The van der Waals surface area contributed by atoms with Crippen molar-refractivity contribution in [2.24, 2.45) is 0 Å². The highest BCUT2D eigenvalue weighted by atomic mass is 79.9. The molecule has 0 unspecified atom stereocenters. The predicted octanol–water partition coefficient (Wildman–Crippen LogP) is 2.12. The molecule has 0 radical (unpaired) electrons. The maximum atomic E-state index is 12.1. The molecule has 1 aromatic rings. The lowest BCUT2D eigenvalue weighted by molar-refractivity contribution is -0.137. The molecule has 1 aliphatic rings. The van der Waals surface area contributed by atoms with Crippen LogP contribution in [-0.4, -0.2) is 34.5 Å². The third-order valence-electron chi connectivity index (χ3n) is 2.60. The van der Waals surface area contributed by atoms with E-state index in [-0.39, 0.29) is 30.7 Å². The molecule has 1 heterocycles. The van der Waals surface area contributed by atoms with Crippen molar-refractivity contribution in [2.45, 2.75) is 25.3 Å². The molecule has 1 fully saturated rings. The molecule has 6 heteroatoms. The molecule has 0 atom stereocenters. The molecule has 1 aromatic heterocycles. The monoisotopic (exact) mass is 301 g/mol. The van der Waals surface area contributed by atoms with E-state index in [1.165, 1.54) is 0 Å². The molecule has 1 saturated carbocycles. The molecule has 0 spiro atoms. The summed E-state index contributed by atoms with van der Waals surface area (Å²) in [6, 6.07) is 3.41. The Labute approximate surface area is 107 Å². The summed E-state index contributed by atoms with van der Waals surface area (Å²) >= 11 is 3.13. The first-order valence-electron chi connectivity index (χ1n) is 5.36. The Morgan fingerprint density at radius 3 is 2.65 bits per heavy atom. The van der Waals surface area contributed by atoms with Gasteiger partial charge in [0.25, 0.3) is 5.91 Å². The van der Waals surface area contributed by atoms with E-state index in [1.807, 2.05) is 0 Å². The van der Waals surface area contributed by atoms with Gasteiger partial charge in [-0.25, -0.2) is 0 Å². The number of halogens is 1. The molecule has 5 nitrogen and oxygen atoms in total. The Hall–Kier alpha value is -1.30. The Morgan fingerprint density at radius 2 is 2.18 bits per heavy atom. The van der Waals surface area contributed by atoms with Crippen LogP contribution in [0.3, 0.4) is 0 Å². The van der Waals surface area contributed by atoms with Crippen molar-refractivity contribution < 1.29 is 19.1 Å². The number of carboxylic acid groups (broad SMARTS) is 1. The third kappa shape index (κ3) is 3.09. The summed E-state index contributed by atoms with van der Waals surface area (Å²) in [6.45, 7) is 0.233. The standard InChI is InChI=1S/C11H12BrNO4/c12-9-4-3-8(17-9)11(16)13(7-1-2-7)6-5-10(14)15/h3-4,7H,1-2,5-6H2,(H,14,15). The number of hydrogen-bond acceptors (Lipinski definition) is 3. The molecule has 0 aromatic carbocycles. The van der Waals surface area contributed by atoms with Crippen LogP contribution in [0.15, 0.2) is 21.2 Å². The van der Waals surface area contributed by atoms with Crippen molar-refractivity contribution in [3.63, 3.8) is 0 Å². The first kappa shape index (κ1) is 12.2. The lowest BCUT2D eigenvalue weighted by Gasteiger charge is -2.20. The summed E-state index contributed by atoms with van der Waals surface area (Å²) in [5, 5.41) is 8.65. The topological polar surface area (TPSA) is 70.8 Å². The van der Waals surface area contributed by atoms with Crippen LogP contribution in [0.5, 0.6) is 0 Å². The van der Waals surface area contributed by atoms with E-state index in [4.69, 9.17) is 9.52 Å². The van der Waals surface area contributed by atoms with Gasteiger partial charge in [-0.2, -0.15) is 0 Å². The van der Waals surface area contributed by atoms with E-state index in [1.54, 1.807) is 17.0 Å². The Morgan fingerprint density at radius 1 is 1.47 bits per heavy atom. The zero-order valence-corrected chi connectivity index (χ0v) is 10.6. The van der Waals surface area contributed by atoms with E-state index < -0.39 is 5.97 Å². The second-order valence-corrected chi connectivity index (χ2v) is 4.76. The first-order valence-corrected chi connectivity index (χ1v) is 6.15. The molecular formula is C11H12BrNO4. The van der Waals surface area contributed by atoms with E-state index >= 15 is 0 Å². The van der Waals surface area contributed by atoms with Crippen molar-refractivity contribution >= 4 is 27.8 Å². The summed E-state index contributed by atoms with van der Waals surface area (Å²) < 4.78 is 5.68. The average molecular weight is 302 g/mol. The normalized spacial score (nSPS) is 14.6. The van der Waals surface area contributed by atoms with Crippen molar-refractivity contribution in [1.29, 1.82) is 0 Å². The number of hydrogen-bond donors (Lipinski definition) is 1. The van der Waals surface area contributed by atoms with Crippen LogP contribution in [0, 0.1) is 0 Å². The van der Waals surface area contributed by atoms with Crippen LogP contribution in [0.4, 0.5) is 0 Å². The SMILES string of the molecule is O=C(O)CCN(C(=O)c1ccc(Br)o1)C1CC1. The van der Waals surface area contributed by atoms with Gasteiger partial charge in [-0.3, -0.25) is 9.59 Å². The van der Waals surface area contributed by atoms with Crippen molar-refractivity contribution in [3.8, 4) is 0 Å². The third-order valence-corrected chi connectivity index (χ3v) is 3.03. The number of carbonyl (C=O) groups is 2. The zero-order valence-electron chi connectivity index (χ0n) is 9.06. The van der Waals surface area contributed by atoms with Crippen LogP contribution >= 0.6 is 15.9 Å². The summed E-state index contributed by atoms with van der Waals surface area (Å²) in [5.41, 5.74) is 0. The van der Waals surface area contributed by atoms with E-state index in [0.29, 0.717) is 4.67 Å². The highest BCUT2D eigenvalue weighted by molar-refractivity contribution is 9.10. The number of amides is 1. The predicted molar refractivity (Wildman–Crippen MR) is 62.7 cm³/mol. The van der Waals surface area contributed by atoms with Gasteiger partial charge in [0.1, 0.15) is 0 Å². The summed E-state index contributed by atoms with van der Waals surface area (Å²) in [5.74, 6) is -0.891. The van der Waals surface area contributed by atoms with Crippen LogP contribution in [-0.2, 0) is 4.79 Å². The number of furan rings is 1. The lowest BCUT2D eigenvalue weighted by atomic mass is 10.3. The molecule has 1 aliphatic carbocycles. The number of nitrogens with zero attached hydrogens (tertiary/aromatic N) is 1. The van der Waals surface area contributed by atoms with Crippen LogP contribution < -0.4 is 0 Å². The van der Waals surface area contributed by atoms with E-state index in [2.05, 4.69) is 15.9 Å². The maximum Gasteiger partial charge on any atom is 0.305 e. The van der Waals surface area contributed by atoms with Gasteiger partial charge in [-0.05, 0) is 40.9 Å². The Balaban J connectivity index is 2.05. The van der Waals surface area contributed by atoms with Gasteiger partial charge in [0.2, 0.25) is 0 Å². The fraction of sp³-hybridized carbons (Fsp3) is 0.455. The lowest BCUT2D eigenvalue weighted by Crippen LogP contribution is -2.34. The second kappa shape index (κ2) is 4.91. The molecule has 0 saturated heterocycles. The Kier molecular flexibility index (Phi) is 3.51. The molecule has 0 aliphatic heterocycles. The molecular weight excluding hydrogens is 290 g/mol. The van der Waals surface area contributed by atoms with Gasteiger partial charge in [0.05, 0.1) is 6.42 Å². The summed E-state index contributed by atoms with van der Waals surface area (Å²) in [6.07, 6.45) is 1.84. The van der Waals surface area contributed by atoms with Crippen molar-refractivity contribution in [2.75, 3.05) is 6.54 Å². The molecule has 0 bridgehead atoms. The fourth-order valence-corrected chi connectivity index (χ4v) is 1.93. The van der Waals surface area contributed by atoms with Crippen molar-refractivity contribution in [3.05, 3.63) is 22.6 Å². The fourth-order valence-electron chi connectivity index (χ4n) is 1.62. The van der Waals surface area contributed by atoms with Crippen LogP contribution in [0.1, 0.15) is 29.8 Å².